The third kappa shape index (κ3) is 3.51. The second kappa shape index (κ2) is 5.12. The Hall–Kier alpha value is -1.09. The van der Waals surface area contributed by atoms with E-state index in [4.69, 9.17) is 18.0 Å². The van der Waals surface area contributed by atoms with E-state index in [9.17, 15) is 0 Å². The molecule has 82 valence electrons. The maximum Gasteiger partial charge on any atom is 0.106 e. The summed E-state index contributed by atoms with van der Waals surface area (Å²) in [5.74, 6) is 0.602. The van der Waals surface area contributed by atoms with Crippen LogP contribution in [0.3, 0.4) is 0 Å². The summed E-state index contributed by atoms with van der Waals surface area (Å²) in [4.78, 5) is 0.449. The standard InChI is InChI=1S/C12H18N2S/c1-8(2)7-14-11-5-4-9(3)6-10(11)12(13)15/h4-6,8,14H,7H2,1-3H3,(H2,13,15). The molecule has 0 saturated carbocycles. The lowest BCUT2D eigenvalue weighted by Crippen LogP contribution is -2.15. The summed E-state index contributed by atoms with van der Waals surface area (Å²) in [5, 5.41) is 3.35. The van der Waals surface area contributed by atoms with Crippen molar-refractivity contribution in [2.75, 3.05) is 11.9 Å². The number of aryl methyl sites for hydroxylation is 1. The molecular weight excluding hydrogens is 204 g/mol. The van der Waals surface area contributed by atoms with Gasteiger partial charge < -0.3 is 11.1 Å². The van der Waals surface area contributed by atoms with E-state index < -0.39 is 0 Å². The predicted molar refractivity (Wildman–Crippen MR) is 70.4 cm³/mol. The van der Waals surface area contributed by atoms with Crippen LogP contribution in [0.15, 0.2) is 18.2 Å². The van der Waals surface area contributed by atoms with Crippen molar-refractivity contribution >= 4 is 22.9 Å². The number of anilines is 1. The Labute approximate surface area is 96.9 Å². The van der Waals surface area contributed by atoms with Crippen LogP contribution >= 0.6 is 12.2 Å². The van der Waals surface area contributed by atoms with Gasteiger partial charge in [-0.15, -0.1) is 0 Å². The third-order valence-corrected chi connectivity index (χ3v) is 2.36. The molecule has 0 aliphatic rings. The molecular formula is C12H18N2S. The molecule has 3 N–H and O–H groups in total. The molecule has 0 aliphatic carbocycles. The van der Waals surface area contributed by atoms with E-state index in [0.717, 1.165) is 17.8 Å². The number of hydrogen-bond donors (Lipinski definition) is 2. The Morgan fingerprint density at radius 2 is 2.13 bits per heavy atom. The number of nitrogens with two attached hydrogens (primary N) is 1. The first kappa shape index (κ1) is 12.0. The Morgan fingerprint density at radius 3 is 2.67 bits per heavy atom. The molecule has 0 saturated heterocycles. The van der Waals surface area contributed by atoms with Gasteiger partial charge in [0.15, 0.2) is 0 Å². The molecule has 1 aromatic rings. The maximum absolute atomic E-state index is 5.68. The van der Waals surface area contributed by atoms with Crippen molar-refractivity contribution in [3.05, 3.63) is 29.3 Å². The molecule has 1 rings (SSSR count). The quantitative estimate of drug-likeness (QED) is 0.769. The zero-order valence-electron chi connectivity index (χ0n) is 9.50. The van der Waals surface area contributed by atoms with Crippen LogP contribution in [0.2, 0.25) is 0 Å². The van der Waals surface area contributed by atoms with Crippen molar-refractivity contribution in [1.82, 2.24) is 0 Å². The highest BCUT2D eigenvalue weighted by Gasteiger charge is 2.05. The molecule has 3 heteroatoms. The first-order valence-electron chi connectivity index (χ1n) is 5.15. The third-order valence-electron chi connectivity index (χ3n) is 2.14. The lowest BCUT2D eigenvalue weighted by molar-refractivity contribution is 0.689. The van der Waals surface area contributed by atoms with Crippen LogP contribution in [0.4, 0.5) is 5.69 Å². The molecule has 0 unspecified atom stereocenters. The molecule has 2 nitrogen and oxygen atoms in total. The van der Waals surface area contributed by atoms with Crippen LogP contribution < -0.4 is 11.1 Å². The Bertz CT molecular complexity index is 359. The topological polar surface area (TPSA) is 38.0 Å². The summed E-state index contributed by atoms with van der Waals surface area (Å²) in [6, 6.07) is 6.11. The van der Waals surface area contributed by atoms with E-state index in [1.54, 1.807) is 0 Å². The fraction of sp³-hybridized carbons (Fsp3) is 0.417. The summed E-state index contributed by atoms with van der Waals surface area (Å²) < 4.78 is 0. The summed E-state index contributed by atoms with van der Waals surface area (Å²) in [6.07, 6.45) is 0. The van der Waals surface area contributed by atoms with Gasteiger partial charge >= 0.3 is 0 Å². The molecule has 0 atom stereocenters. The molecule has 0 aromatic heterocycles. The highest BCUT2D eigenvalue weighted by Crippen LogP contribution is 2.17. The van der Waals surface area contributed by atoms with Crippen molar-refractivity contribution in [3.63, 3.8) is 0 Å². The zero-order valence-corrected chi connectivity index (χ0v) is 10.3. The van der Waals surface area contributed by atoms with Gasteiger partial charge in [0.25, 0.3) is 0 Å². The first-order valence-corrected chi connectivity index (χ1v) is 5.56. The summed E-state index contributed by atoms with van der Waals surface area (Å²) in [6.45, 7) is 7.30. The summed E-state index contributed by atoms with van der Waals surface area (Å²) in [7, 11) is 0. The minimum absolute atomic E-state index is 0.449. The number of nitrogens with one attached hydrogen (secondary N) is 1. The van der Waals surface area contributed by atoms with Gasteiger partial charge in [-0.2, -0.15) is 0 Å². The van der Waals surface area contributed by atoms with Gasteiger partial charge in [0, 0.05) is 17.8 Å². The molecule has 0 aliphatic heterocycles. The Balaban J connectivity index is 2.91. The lowest BCUT2D eigenvalue weighted by Gasteiger charge is -2.13. The van der Waals surface area contributed by atoms with Crippen LogP contribution in [0.1, 0.15) is 25.0 Å². The van der Waals surface area contributed by atoms with E-state index in [2.05, 4.69) is 25.2 Å². The molecule has 0 amide bonds. The second-order valence-corrected chi connectivity index (χ2v) is 4.63. The monoisotopic (exact) mass is 222 g/mol. The highest BCUT2D eigenvalue weighted by molar-refractivity contribution is 7.80. The Kier molecular flexibility index (Phi) is 4.09. The number of benzene rings is 1. The van der Waals surface area contributed by atoms with Gasteiger partial charge in [-0.3, -0.25) is 0 Å². The van der Waals surface area contributed by atoms with E-state index in [1.807, 2.05) is 19.1 Å². The molecule has 0 heterocycles. The van der Waals surface area contributed by atoms with Crippen LogP contribution in [-0.2, 0) is 0 Å². The van der Waals surface area contributed by atoms with Gasteiger partial charge in [-0.1, -0.05) is 37.7 Å². The van der Waals surface area contributed by atoms with Gasteiger partial charge in [-0.25, -0.2) is 0 Å². The van der Waals surface area contributed by atoms with Gasteiger partial charge in [0.05, 0.1) is 0 Å². The van der Waals surface area contributed by atoms with Crippen molar-refractivity contribution in [2.45, 2.75) is 20.8 Å². The van der Waals surface area contributed by atoms with E-state index in [1.165, 1.54) is 5.56 Å². The Morgan fingerprint density at radius 1 is 1.47 bits per heavy atom. The highest BCUT2D eigenvalue weighted by atomic mass is 32.1. The van der Waals surface area contributed by atoms with Crippen molar-refractivity contribution in [1.29, 1.82) is 0 Å². The zero-order chi connectivity index (χ0) is 11.4. The van der Waals surface area contributed by atoms with Gasteiger partial charge in [0.1, 0.15) is 4.99 Å². The van der Waals surface area contributed by atoms with Crippen LogP contribution in [0.25, 0.3) is 0 Å². The van der Waals surface area contributed by atoms with E-state index in [0.29, 0.717) is 10.9 Å². The van der Waals surface area contributed by atoms with Gasteiger partial charge in [-0.05, 0) is 25.0 Å². The molecule has 1 aromatic carbocycles. The average molecular weight is 222 g/mol. The molecule has 15 heavy (non-hydrogen) atoms. The first-order chi connectivity index (χ1) is 7.00. The molecule has 0 bridgehead atoms. The fourth-order valence-corrected chi connectivity index (χ4v) is 1.50. The maximum atomic E-state index is 5.68. The SMILES string of the molecule is Cc1ccc(NCC(C)C)c(C(N)=S)c1. The average Bonchev–Trinajstić information content (AvgIpc) is 2.15. The fourth-order valence-electron chi connectivity index (χ4n) is 1.33. The normalized spacial score (nSPS) is 10.4. The molecule has 0 radical (unpaired) electrons. The van der Waals surface area contributed by atoms with Crippen LogP contribution in [0, 0.1) is 12.8 Å². The van der Waals surface area contributed by atoms with E-state index >= 15 is 0 Å². The van der Waals surface area contributed by atoms with Crippen LogP contribution in [0.5, 0.6) is 0 Å². The number of hydrogen-bond acceptors (Lipinski definition) is 2. The minimum atomic E-state index is 0.449. The predicted octanol–water partition coefficient (Wildman–Crippen LogP) is 2.70. The number of rotatable bonds is 4. The van der Waals surface area contributed by atoms with Crippen molar-refractivity contribution < 1.29 is 0 Å². The number of thiocarbonyl (C=S) groups is 1. The van der Waals surface area contributed by atoms with Crippen molar-refractivity contribution in [3.8, 4) is 0 Å². The largest absolute Gasteiger partial charge is 0.389 e. The molecule has 0 fully saturated rings. The second-order valence-electron chi connectivity index (χ2n) is 4.19. The minimum Gasteiger partial charge on any atom is -0.389 e. The summed E-state index contributed by atoms with van der Waals surface area (Å²) >= 11 is 5.03. The van der Waals surface area contributed by atoms with Crippen LogP contribution in [-0.4, -0.2) is 11.5 Å². The van der Waals surface area contributed by atoms with Crippen molar-refractivity contribution in [2.24, 2.45) is 11.7 Å². The lowest BCUT2D eigenvalue weighted by atomic mass is 10.1. The van der Waals surface area contributed by atoms with E-state index in [-0.39, 0.29) is 0 Å². The van der Waals surface area contributed by atoms with Gasteiger partial charge in [0.2, 0.25) is 0 Å². The molecule has 0 spiro atoms. The summed E-state index contributed by atoms with van der Waals surface area (Å²) in [5.41, 5.74) is 8.82. The smallest absolute Gasteiger partial charge is 0.106 e.